The Balaban J connectivity index is 0.000000673. The van der Waals surface area contributed by atoms with E-state index in [2.05, 4.69) is 13.8 Å². The highest BCUT2D eigenvalue weighted by Gasteiger charge is 2.30. The van der Waals surface area contributed by atoms with E-state index in [-0.39, 0.29) is 0 Å². The zero-order valence-electron chi connectivity index (χ0n) is 10.6. The molecule has 94 valence electrons. The van der Waals surface area contributed by atoms with E-state index in [0.29, 0.717) is 6.08 Å². The summed E-state index contributed by atoms with van der Waals surface area (Å²) in [6.45, 7) is 10.2. The molecule has 4 nitrogen and oxygen atoms in total. The summed E-state index contributed by atoms with van der Waals surface area (Å²) in [5, 5.41) is 6.76. The Hall–Kier alpha value is -0.700. The van der Waals surface area contributed by atoms with Gasteiger partial charge in [-0.2, -0.15) is 0 Å². The second kappa shape index (κ2) is 9.52. The second-order valence-electron chi connectivity index (χ2n) is 4.29. The number of likely N-dealkylation sites (tertiary alicyclic amines) is 1. The normalized spacial score (nSPS) is 17.4. The van der Waals surface area contributed by atoms with Crippen LogP contribution in [0.25, 0.3) is 5.41 Å². The number of carbonyl (C=O) groups excluding carboxylic acids is 1. The van der Waals surface area contributed by atoms with Gasteiger partial charge in [-0.1, -0.05) is 13.3 Å². The molecule has 1 rings (SSSR count). The predicted octanol–water partition coefficient (Wildman–Crippen LogP) is 2.28. The lowest BCUT2D eigenvalue weighted by Crippen LogP contribution is -2.47. The van der Waals surface area contributed by atoms with Gasteiger partial charge >= 0.3 is 0 Å². The number of hydrogen-bond acceptors (Lipinski definition) is 2. The van der Waals surface area contributed by atoms with Crippen molar-refractivity contribution in [3.05, 3.63) is 5.41 Å². The van der Waals surface area contributed by atoms with Crippen molar-refractivity contribution in [1.82, 2.24) is 0 Å². The average Bonchev–Trinajstić information content (AvgIpc) is 2.74. The van der Waals surface area contributed by atoms with Crippen molar-refractivity contribution in [3.8, 4) is 0 Å². The maximum Gasteiger partial charge on any atom is 0.183 e. The van der Waals surface area contributed by atoms with Crippen molar-refractivity contribution in [2.45, 2.75) is 39.5 Å². The van der Waals surface area contributed by atoms with E-state index in [1.807, 2.05) is 0 Å². The van der Waals surface area contributed by atoms with E-state index in [0.717, 1.165) is 13.3 Å². The molecular weight excluding hydrogens is 204 g/mol. The lowest BCUT2D eigenvalue weighted by atomic mass is 10.3. The molecule has 4 heteroatoms. The summed E-state index contributed by atoms with van der Waals surface area (Å²) in [4.78, 5) is 8.24. The van der Waals surface area contributed by atoms with E-state index in [4.69, 9.17) is 14.9 Å². The first-order valence-corrected chi connectivity index (χ1v) is 6.18. The van der Waals surface area contributed by atoms with Crippen molar-refractivity contribution in [2.75, 3.05) is 33.0 Å². The van der Waals surface area contributed by atoms with Crippen molar-refractivity contribution >= 4 is 6.08 Å². The minimum atomic E-state index is 0.500. The third kappa shape index (κ3) is 6.01. The zero-order valence-corrected chi connectivity index (χ0v) is 10.6. The van der Waals surface area contributed by atoms with Crippen molar-refractivity contribution < 1.29 is 14.0 Å². The molecule has 0 aromatic rings. The van der Waals surface area contributed by atoms with E-state index in [1.54, 1.807) is 0 Å². The molecular formula is C12H24N2O2. The van der Waals surface area contributed by atoms with Crippen molar-refractivity contribution in [1.29, 1.82) is 0 Å². The van der Waals surface area contributed by atoms with Crippen molar-refractivity contribution in [2.24, 2.45) is 0 Å². The highest BCUT2D eigenvalue weighted by atomic mass is 16.5. The molecule has 0 amide bonds. The minimum absolute atomic E-state index is 0.500. The quantitative estimate of drug-likeness (QED) is 0.398. The molecule has 0 unspecified atom stereocenters. The standard InChI is InChI=1S/C11H24NO.CNO/c1-3-5-8-12(11-13-4-2)9-6-7-10-12;2-1-3/h3-11H2,1-2H3;/q+1;-1. The summed E-state index contributed by atoms with van der Waals surface area (Å²) in [5.74, 6) is 0. The van der Waals surface area contributed by atoms with E-state index >= 15 is 0 Å². The Morgan fingerprint density at radius 2 is 1.88 bits per heavy atom. The molecule has 0 aromatic carbocycles. The average molecular weight is 228 g/mol. The second-order valence-corrected chi connectivity index (χ2v) is 4.29. The number of hydrogen-bond donors (Lipinski definition) is 0. The lowest BCUT2D eigenvalue weighted by Gasteiger charge is -2.33. The van der Waals surface area contributed by atoms with Crippen LogP contribution in [0.4, 0.5) is 0 Å². The summed E-state index contributed by atoms with van der Waals surface area (Å²) in [5.41, 5.74) is 0. The maximum atomic E-state index is 8.24. The summed E-state index contributed by atoms with van der Waals surface area (Å²) in [6.07, 6.45) is 5.97. The number of ether oxygens (including phenoxy) is 1. The third-order valence-electron chi connectivity index (χ3n) is 3.07. The number of nitrogens with zero attached hydrogens (tertiary/aromatic N) is 2. The van der Waals surface area contributed by atoms with Gasteiger partial charge in [-0.3, -0.25) is 4.79 Å². The largest absolute Gasteiger partial charge is 0.724 e. The van der Waals surface area contributed by atoms with Gasteiger partial charge in [-0.25, -0.2) is 0 Å². The highest BCUT2D eigenvalue weighted by molar-refractivity contribution is 5.36. The van der Waals surface area contributed by atoms with Crippen LogP contribution in [0.15, 0.2) is 0 Å². The topological polar surface area (TPSA) is 48.6 Å². The number of unbranched alkanes of at least 4 members (excludes halogenated alkanes) is 1. The van der Waals surface area contributed by atoms with Crippen LogP contribution >= 0.6 is 0 Å². The highest BCUT2D eigenvalue weighted by Crippen LogP contribution is 2.20. The Morgan fingerprint density at radius 3 is 2.31 bits per heavy atom. The van der Waals surface area contributed by atoms with Crippen LogP contribution in [0.5, 0.6) is 0 Å². The smallest absolute Gasteiger partial charge is 0.183 e. The van der Waals surface area contributed by atoms with Crippen LogP contribution in [0, 0.1) is 0 Å². The van der Waals surface area contributed by atoms with Gasteiger partial charge < -0.3 is 14.6 Å². The fourth-order valence-corrected chi connectivity index (χ4v) is 2.20. The molecule has 16 heavy (non-hydrogen) atoms. The van der Waals surface area contributed by atoms with Crippen LogP contribution in [-0.4, -0.2) is 43.5 Å². The monoisotopic (exact) mass is 228 g/mol. The molecule has 0 atom stereocenters. The summed E-state index contributed by atoms with van der Waals surface area (Å²) in [6, 6.07) is 0. The molecule has 1 aliphatic heterocycles. The molecule has 1 aliphatic rings. The number of isocyanates is 1. The van der Waals surface area contributed by atoms with E-state index in [9.17, 15) is 0 Å². The Labute approximate surface area is 98.7 Å². The fraction of sp³-hybridized carbons (Fsp3) is 0.917. The molecule has 0 bridgehead atoms. The predicted molar refractivity (Wildman–Crippen MR) is 64.5 cm³/mol. The fourth-order valence-electron chi connectivity index (χ4n) is 2.20. The van der Waals surface area contributed by atoms with Gasteiger partial charge in [-0.15, -0.1) is 0 Å². The minimum Gasteiger partial charge on any atom is -0.724 e. The van der Waals surface area contributed by atoms with Crippen LogP contribution in [-0.2, 0) is 9.53 Å². The molecule has 0 radical (unpaired) electrons. The molecule has 0 aliphatic carbocycles. The maximum absolute atomic E-state index is 8.24. The van der Waals surface area contributed by atoms with E-state index in [1.165, 1.54) is 49.8 Å². The first-order chi connectivity index (χ1) is 7.74. The summed E-state index contributed by atoms with van der Waals surface area (Å²) < 4.78 is 6.83. The van der Waals surface area contributed by atoms with Gasteiger partial charge in [0, 0.05) is 19.4 Å². The van der Waals surface area contributed by atoms with Gasteiger partial charge in [-0.05, 0) is 19.4 Å². The van der Waals surface area contributed by atoms with Crippen LogP contribution in [0.2, 0.25) is 0 Å². The Bertz CT molecular complexity index is 185. The molecule has 1 saturated heterocycles. The Kier molecular flexibility index (Phi) is 9.10. The first-order valence-electron chi connectivity index (χ1n) is 6.18. The molecule has 1 heterocycles. The third-order valence-corrected chi connectivity index (χ3v) is 3.07. The first kappa shape index (κ1) is 15.3. The van der Waals surface area contributed by atoms with Gasteiger partial charge in [0.25, 0.3) is 0 Å². The van der Waals surface area contributed by atoms with Crippen LogP contribution in [0.1, 0.15) is 39.5 Å². The Morgan fingerprint density at radius 1 is 1.31 bits per heavy atom. The zero-order chi connectivity index (χ0) is 12.3. The lowest BCUT2D eigenvalue weighted by molar-refractivity contribution is -0.935. The molecule has 1 fully saturated rings. The van der Waals surface area contributed by atoms with Crippen LogP contribution < -0.4 is 0 Å². The molecule has 0 saturated carbocycles. The van der Waals surface area contributed by atoms with E-state index < -0.39 is 0 Å². The summed E-state index contributed by atoms with van der Waals surface area (Å²) in [7, 11) is 0. The summed E-state index contributed by atoms with van der Waals surface area (Å²) >= 11 is 0. The van der Waals surface area contributed by atoms with Crippen molar-refractivity contribution in [3.63, 3.8) is 0 Å². The van der Waals surface area contributed by atoms with Gasteiger partial charge in [0.15, 0.2) is 6.73 Å². The molecule has 0 spiro atoms. The number of rotatable bonds is 6. The number of quaternary nitrogens is 1. The van der Waals surface area contributed by atoms with Gasteiger partial charge in [0.2, 0.25) is 0 Å². The van der Waals surface area contributed by atoms with Gasteiger partial charge in [0.1, 0.15) is 0 Å². The SMILES string of the molecule is CCCC[N+]1(COCC)CCCC1.[N-]=C=O. The molecule has 0 aromatic heterocycles. The molecule has 0 N–H and O–H groups in total. The van der Waals surface area contributed by atoms with Gasteiger partial charge in [0.05, 0.1) is 19.6 Å². The van der Waals surface area contributed by atoms with Crippen LogP contribution in [0.3, 0.4) is 0 Å².